The van der Waals surface area contributed by atoms with Crippen molar-refractivity contribution in [2.24, 2.45) is 0 Å². The van der Waals surface area contributed by atoms with E-state index < -0.39 is 0 Å². The van der Waals surface area contributed by atoms with Crippen molar-refractivity contribution in [1.82, 2.24) is 15.0 Å². The molecule has 1 heterocycles. The Bertz CT molecular complexity index is 802. The Morgan fingerprint density at radius 2 is 1.76 bits per heavy atom. The third-order valence-electron chi connectivity index (χ3n) is 2.96. The minimum absolute atomic E-state index is 0.0641. The molecule has 0 fully saturated rings. The lowest BCUT2D eigenvalue weighted by molar-refractivity contribution is 0.447. The first-order chi connectivity index (χ1) is 10.1. The van der Waals surface area contributed by atoms with Gasteiger partial charge in [-0.25, -0.2) is 9.07 Å². The highest BCUT2D eigenvalue weighted by Gasteiger charge is 2.16. The van der Waals surface area contributed by atoms with Crippen molar-refractivity contribution in [1.29, 1.82) is 0 Å². The van der Waals surface area contributed by atoms with Crippen LogP contribution in [0.15, 0.2) is 47.5 Å². The molecule has 0 unspecified atom stereocenters. The standard InChI is InChI=1S/C14H10FN3O2S/c15-9-3-1-8(2-4-9)13-14(21)16-17-18(13)11-6-5-10(19)7-12(11)20/h1-7,19-21H. The highest BCUT2D eigenvalue weighted by atomic mass is 32.1. The molecule has 1 aromatic heterocycles. The number of phenols is 2. The molecule has 3 aromatic rings. The minimum atomic E-state index is -0.356. The summed E-state index contributed by atoms with van der Waals surface area (Å²) in [6, 6.07) is 9.89. The summed E-state index contributed by atoms with van der Waals surface area (Å²) in [7, 11) is 0. The van der Waals surface area contributed by atoms with Crippen LogP contribution in [0, 0.1) is 5.82 Å². The number of hydrogen-bond donors (Lipinski definition) is 3. The maximum atomic E-state index is 13.0. The number of thiol groups is 1. The Hall–Kier alpha value is -2.54. The van der Waals surface area contributed by atoms with Crippen LogP contribution >= 0.6 is 12.6 Å². The second-order valence-corrected chi connectivity index (χ2v) is 4.78. The molecular formula is C14H10FN3O2S. The van der Waals surface area contributed by atoms with Gasteiger partial charge in [0.1, 0.15) is 33.7 Å². The Morgan fingerprint density at radius 1 is 1.05 bits per heavy atom. The van der Waals surface area contributed by atoms with E-state index in [9.17, 15) is 14.6 Å². The molecule has 0 radical (unpaired) electrons. The predicted octanol–water partition coefficient (Wildman–Crippen LogP) is 2.77. The molecule has 5 nitrogen and oxygen atoms in total. The van der Waals surface area contributed by atoms with Gasteiger partial charge in [0.2, 0.25) is 0 Å². The van der Waals surface area contributed by atoms with Gasteiger partial charge in [-0.3, -0.25) is 0 Å². The van der Waals surface area contributed by atoms with Crippen LogP contribution in [0.1, 0.15) is 0 Å². The fourth-order valence-corrected chi connectivity index (χ4v) is 2.26. The fraction of sp³-hybridized carbons (Fsp3) is 0. The van der Waals surface area contributed by atoms with E-state index in [1.54, 1.807) is 12.1 Å². The van der Waals surface area contributed by atoms with Gasteiger partial charge >= 0.3 is 0 Å². The number of phenolic OH excluding ortho intramolecular Hbond substituents is 2. The zero-order valence-electron chi connectivity index (χ0n) is 10.6. The van der Waals surface area contributed by atoms with Crippen molar-refractivity contribution in [2.45, 2.75) is 5.03 Å². The van der Waals surface area contributed by atoms with Gasteiger partial charge in [-0.2, -0.15) is 0 Å². The first kappa shape index (κ1) is 13.4. The Balaban J connectivity index is 2.19. The van der Waals surface area contributed by atoms with Crippen molar-refractivity contribution in [2.75, 3.05) is 0 Å². The number of nitrogens with zero attached hydrogens (tertiary/aromatic N) is 3. The van der Waals surface area contributed by atoms with Crippen LogP contribution < -0.4 is 0 Å². The molecule has 7 heteroatoms. The SMILES string of the molecule is Oc1ccc(-n2nnc(S)c2-c2ccc(F)cc2)c(O)c1. The maximum Gasteiger partial charge on any atom is 0.145 e. The molecule has 0 aliphatic carbocycles. The summed E-state index contributed by atoms with van der Waals surface area (Å²) < 4.78 is 14.4. The molecule has 0 atom stereocenters. The summed E-state index contributed by atoms with van der Waals surface area (Å²) in [5, 5.41) is 27.4. The molecule has 106 valence electrons. The summed E-state index contributed by atoms with van der Waals surface area (Å²) >= 11 is 4.24. The lowest BCUT2D eigenvalue weighted by atomic mass is 10.1. The Labute approximate surface area is 124 Å². The molecule has 0 spiro atoms. The van der Waals surface area contributed by atoms with Crippen molar-refractivity contribution in [3.8, 4) is 28.4 Å². The van der Waals surface area contributed by atoms with Crippen molar-refractivity contribution in [3.05, 3.63) is 48.3 Å². The monoisotopic (exact) mass is 303 g/mol. The first-order valence-electron chi connectivity index (χ1n) is 5.99. The fourth-order valence-electron chi connectivity index (χ4n) is 1.99. The average molecular weight is 303 g/mol. The van der Waals surface area contributed by atoms with Gasteiger partial charge in [0.05, 0.1) is 0 Å². The van der Waals surface area contributed by atoms with Gasteiger partial charge in [-0.15, -0.1) is 17.7 Å². The number of rotatable bonds is 2. The van der Waals surface area contributed by atoms with Gasteiger partial charge in [-0.1, -0.05) is 5.21 Å². The Morgan fingerprint density at radius 3 is 2.43 bits per heavy atom. The maximum absolute atomic E-state index is 13.0. The van der Waals surface area contributed by atoms with Crippen molar-refractivity contribution < 1.29 is 14.6 Å². The molecule has 0 amide bonds. The highest BCUT2D eigenvalue weighted by molar-refractivity contribution is 7.80. The summed E-state index contributed by atoms with van der Waals surface area (Å²) in [4.78, 5) is 0. The zero-order chi connectivity index (χ0) is 15.0. The molecule has 0 saturated heterocycles. The molecule has 2 N–H and O–H groups in total. The summed E-state index contributed by atoms with van der Waals surface area (Å²) in [6.07, 6.45) is 0. The van der Waals surface area contributed by atoms with Crippen molar-refractivity contribution in [3.63, 3.8) is 0 Å². The van der Waals surface area contributed by atoms with Crippen LogP contribution in [-0.4, -0.2) is 25.2 Å². The predicted molar refractivity (Wildman–Crippen MR) is 77.3 cm³/mol. The topological polar surface area (TPSA) is 71.2 Å². The minimum Gasteiger partial charge on any atom is -0.508 e. The number of aromatic hydroxyl groups is 2. The van der Waals surface area contributed by atoms with E-state index >= 15 is 0 Å². The largest absolute Gasteiger partial charge is 0.508 e. The average Bonchev–Trinajstić information content (AvgIpc) is 2.82. The highest BCUT2D eigenvalue weighted by Crippen LogP contribution is 2.32. The van der Waals surface area contributed by atoms with Gasteiger partial charge in [-0.05, 0) is 36.4 Å². The van der Waals surface area contributed by atoms with Crippen LogP contribution in [0.4, 0.5) is 4.39 Å². The van der Waals surface area contributed by atoms with E-state index in [0.717, 1.165) is 0 Å². The second kappa shape index (κ2) is 5.10. The number of aromatic nitrogens is 3. The van der Waals surface area contributed by atoms with Gasteiger partial charge in [0, 0.05) is 11.6 Å². The number of halogens is 1. The van der Waals surface area contributed by atoms with Crippen LogP contribution in [0.25, 0.3) is 16.9 Å². The second-order valence-electron chi connectivity index (χ2n) is 4.35. The van der Waals surface area contributed by atoms with Gasteiger partial charge < -0.3 is 10.2 Å². The van der Waals surface area contributed by atoms with E-state index in [0.29, 0.717) is 22.0 Å². The zero-order valence-corrected chi connectivity index (χ0v) is 11.5. The van der Waals surface area contributed by atoms with E-state index in [1.807, 2.05) is 0 Å². The van der Waals surface area contributed by atoms with Crippen LogP contribution in [0.3, 0.4) is 0 Å². The summed E-state index contributed by atoms with van der Waals surface area (Å²) in [6.45, 7) is 0. The Kier molecular flexibility index (Phi) is 3.26. The summed E-state index contributed by atoms with van der Waals surface area (Å²) in [5.74, 6) is -0.576. The van der Waals surface area contributed by atoms with E-state index in [2.05, 4.69) is 22.9 Å². The third kappa shape index (κ3) is 2.43. The molecule has 0 bridgehead atoms. The molecule has 21 heavy (non-hydrogen) atoms. The molecular weight excluding hydrogens is 293 g/mol. The van der Waals surface area contributed by atoms with Gasteiger partial charge in [0.15, 0.2) is 0 Å². The van der Waals surface area contributed by atoms with Crippen LogP contribution in [0.5, 0.6) is 11.5 Å². The lowest BCUT2D eigenvalue weighted by Gasteiger charge is -2.09. The van der Waals surface area contributed by atoms with E-state index in [4.69, 9.17) is 0 Å². The molecule has 0 saturated carbocycles. The molecule has 3 rings (SSSR count). The quantitative estimate of drug-likeness (QED) is 0.637. The molecule has 2 aromatic carbocycles. The number of hydrogen-bond acceptors (Lipinski definition) is 5. The normalized spacial score (nSPS) is 10.8. The van der Waals surface area contributed by atoms with Crippen LogP contribution in [0.2, 0.25) is 0 Å². The third-order valence-corrected chi connectivity index (χ3v) is 3.26. The number of benzene rings is 2. The van der Waals surface area contributed by atoms with Gasteiger partial charge in [0.25, 0.3) is 0 Å². The molecule has 0 aliphatic rings. The van der Waals surface area contributed by atoms with Crippen molar-refractivity contribution >= 4 is 12.6 Å². The van der Waals surface area contributed by atoms with E-state index in [-0.39, 0.29) is 17.3 Å². The first-order valence-corrected chi connectivity index (χ1v) is 6.44. The van der Waals surface area contributed by atoms with Crippen LogP contribution in [-0.2, 0) is 0 Å². The molecule has 0 aliphatic heterocycles. The summed E-state index contributed by atoms with van der Waals surface area (Å²) in [5.41, 5.74) is 1.50. The van der Waals surface area contributed by atoms with E-state index in [1.165, 1.54) is 35.0 Å². The smallest absolute Gasteiger partial charge is 0.145 e. The lowest BCUT2D eigenvalue weighted by Crippen LogP contribution is -2.00.